The minimum atomic E-state index is 0.0768. The molecular formula is C12H14ClNO. The predicted molar refractivity (Wildman–Crippen MR) is 62.3 cm³/mol. The maximum absolute atomic E-state index is 11.2. The molecule has 0 spiro atoms. The molecule has 1 aromatic carbocycles. The Labute approximate surface area is 94.6 Å². The molecule has 0 radical (unpaired) electrons. The van der Waals surface area contributed by atoms with Gasteiger partial charge in [-0.1, -0.05) is 19.1 Å². The molecule has 1 heterocycles. The first-order chi connectivity index (χ1) is 7.20. The number of halogens is 1. The van der Waals surface area contributed by atoms with E-state index in [9.17, 15) is 4.79 Å². The van der Waals surface area contributed by atoms with Crippen molar-refractivity contribution in [2.24, 2.45) is 0 Å². The monoisotopic (exact) mass is 223 g/mol. The molecule has 2 nitrogen and oxygen atoms in total. The highest BCUT2D eigenvalue weighted by Gasteiger charge is 2.16. The Kier molecular flexibility index (Phi) is 2.96. The fourth-order valence-corrected chi connectivity index (χ4v) is 1.97. The molecule has 0 bridgehead atoms. The molecule has 2 rings (SSSR count). The highest BCUT2D eigenvalue weighted by Crippen LogP contribution is 2.29. The molecule has 15 heavy (non-hydrogen) atoms. The fourth-order valence-electron chi connectivity index (χ4n) is 1.83. The zero-order valence-electron chi connectivity index (χ0n) is 8.72. The molecule has 0 saturated carbocycles. The summed E-state index contributed by atoms with van der Waals surface area (Å²) in [5.41, 5.74) is 3.29. The lowest BCUT2D eigenvalue weighted by Gasteiger charge is -2.18. The van der Waals surface area contributed by atoms with Crippen molar-refractivity contribution in [3.05, 3.63) is 29.3 Å². The van der Waals surface area contributed by atoms with E-state index in [1.54, 1.807) is 0 Å². The molecule has 1 aromatic rings. The second-order valence-electron chi connectivity index (χ2n) is 3.84. The first-order valence-electron chi connectivity index (χ1n) is 5.27. The van der Waals surface area contributed by atoms with Crippen molar-refractivity contribution >= 4 is 23.2 Å². The van der Waals surface area contributed by atoms with Gasteiger partial charge in [-0.3, -0.25) is 4.79 Å². The fraction of sp³-hybridized carbons (Fsp3) is 0.417. The van der Waals surface area contributed by atoms with Gasteiger partial charge in [0.25, 0.3) is 0 Å². The first-order valence-corrected chi connectivity index (χ1v) is 5.71. The van der Waals surface area contributed by atoms with Gasteiger partial charge >= 0.3 is 0 Å². The third-order valence-corrected chi connectivity index (χ3v) is 3.31. The number of carbonyl (C=O) groups excluding carboxylic acids is 1. The van der Waals surface area contributed by atoms with Crippen molar-refractivity contribution < 1.29 is 4.79 Å². The second-order valence-corrected chi connectivity index (χ2v) is 4.37. The van der Waals surface area contributed by atoms with Crippen LogP contribution in [0.2, 0.25) is 0 Å². The third-order valence-electron chi connectivity index (χ3n) is 2.74. The van der Waals surface area contributed by atoms with Crippen LogP contribution >= 0.6 is 11.6 Å². The molecule has 0 saturated heterocycles. The smallest absolute Gasteiger partial charge is 0.224 e. The molecule has 1 atom stereocenters. The van der Waals surface area contributed by atoms with Crippen LogP contribution in [0.5, 0.6) is 0 Å². The van der Waals surface area contributed by atoms with E-state index in [1.807, 2.05) is 12.1 Å². The summed E-state index contributed by atoms with van der Waals surface area (Å²) in [5, 5.41) is 2.94. The Morgan fingerprint density at radius 2 is 2.27 bits per heavy atom. The SMILES string of the molecule is CCC(Cl)c1ccc2c(c1)CCC(=O)N2. The van der Waals surface area contributed by atoms with Gasteiger partial charge < -0.3 is 5.32 Å². The minimum absolute atomic E-state index is 0.0768. The summed E-state index contributed by atoms with van der Waals surface area (Å²) in [6.45, 7) is 2.07. The Bertz CT molecular complexity index is 389. The number of fused-ring (bicyclic) bond motifs is 1. The van der Waals surface area contributed by atoms with Crippen LogP contribution in [0.3, 0.4) is 0 Å². The number of rotatable bonds is 2. The van der Waals surface area contributed by atoms with Crippen molar-refractivity contribution in [1.29, 1.82) is 0 Å². The highest BCUT2D eigenvalue weighted by atomic mass is 35.5. The molecule has 1 unspecified atom stereocenters. The van der Waals surface area contributed by atoms with E-state index in [0.717, 1.165) is 24.1 Å². The van der Waals surface area contributed by atoms with Crippen LogP contribution in [0.1, 0.15) is 36.3 Å². The number of aryl methyl sites for hydroxylation is 1. The van der Waals surface area contributed by atoms with E-state index in [0.29, 0.717) is 6.42 Å². The number of carbonyl (C=O) groups is 1. The van der Waals surface area contributed by atoms with Gasteiger partial charge in [-0.05, 0) is 30.0 Å². The van der Waals surface area contributed by atoms with Crippen LogP contribution in [-0.2, 0) is 11.2 Å². The summed E-state index contributed by atoms with van der Waals surface area (Å²) >= 11 is 6.17. The molecule has 0 fully saturated rings. The summed E-state index contributed by atoms with van der Waals surface area (Å²) in [5.74, 6) is 0.105. The summed E-state index contributed by atoms with van der Waals surface area (Å²) < 4.78 is 0. The second kappa shape index (κ2) is 4.23. The Hall–Kier alpha value is -1.02. The van der Waals surface area contributed by atoms with Crippen LogP contribution in [-0.4, -0.2) is 5.91 Å². The summed E-state index contributed by atoms with van der Waals surface area (Å²) in [6, 6.07) is 6.05. The van der Waals surface area contributed by atoms with Crippen LogP contribution in [0.4, 0.5) is 5.69 Å². The van der Waals surface area contributed by atoms with Gasteiger partial charge in [0.05, 0.1) is 5.38 Å². The van der Waals surface area contributed by atoms with Crippen molar-refractivity contribution in [2.75, 3.05) is 5.32 Å². The predicted octanol–water partition coefficient (Wildman–Crippen LogP) is 3.26. The van der Waals surface area contributed by atoms with Gasteiger partial charge in [-0.15, -0.1) is 11.6 Å². The van der Waals surface area contributed by atoms with Crippen molar-refractivity contribution in [3.8, 4) is 0 Å². The lowest BCUT2D eigenvalue weighted by atomic mass is 9.98. The summed E-state index contributed by atoms with van der Waals surface area (Å²) in [4.78, 5) is 11.2. The Morgan fingerprint density at radius 3 is 3.00 bits per heavy atom. The first kappa shape index (κ1) is 10.5. The lowest BCUT2D eigenvalue weighted by molar-refractivity contribution is -0.116. The van der Waals surface area contributed by atoms with Crippen LogP contribution in [0.15, 0.2) is 18.2 Å². The van der Waals surface area contributed by atoms with Crippen LogP contribution in [0.25, 0.3) is 0 Å². The molecule has 3 heteroatoms. The average molecular weight is 224 g/mol. The number of hydrogen-bond acceptors (Lipinski definition) is 1. The maximum Gasteiger partial charge on any atom is 0.224 e. The molecule has 0 aromatic heterocycles. The van der Waals surface area contributed by atoms with E-state index in [1.165, 1.54) is 5.56 Å². The number of benzene rings is 1. The van der Waals surface area contributed by atoms with Crippen molar-refractivity contribution in [3.63, 3.8) is 0 Å². The molecule has 1 aliphatic rings. The maximum atomic E-state index is 11.2. The van der Waals surface area contributed by atoms with Gasteiger partial charge in [-0.25, -0.2) is 0 Å². The largest absolute Gasteiger partial charge is 0.326 e. The number of nitrogens with one attached hydrogen (secondary N) is 1. The normalized spacial score (nSPS) is 16.8. The molecule has 1 aliphatic heterocycles. The Balaban J connectivity index is 2.30. The van der Waals surface area contributed by atoms with Gasteiger partial charge in [-0.2, -0.15) is 0 Å². The number of alkyl halides is 1. The quantitative estimate of drug-likeness (QED) is 0.767. The molecule has 1 N–H and O–H groups in total. The standard InChI is InChI=1S/C12H14ClNO/c1-2-10(13)8-3-5-11-9(7-8)4-6-12(15)14-11/h3,5,7,10H,2,4,6H2,1H3,(H,14,15). The topological polar surface area (TPSA) is 29.1 Å². The van der Waals surface area contributed by atoms with E-state index >= 15 is 0 Å². The van der Waals surface area contributed by atoms with Gasteiger partial charge in [0.1, 0.15) is 0 Å². The number of amides is 1. The Morgan fingerprint density at radius 1 is 1.47 bits per heavy atom. The zero-order chi connectivity index (χ0) is 10.8. The van der Waals surface area contributed by atoms with E-state index < -0.39 is 0 Å². The van der Waals surface area contributed by atoms with Crippen molar-refractivity contribution in [1.82, 2.24) is 0 Å². The molecule has 1 amide bonds. The lowest BCUT2D eigenvalue weighted by Crippen LogP contribution is -2.19. The van der Waals surface area contributed by atoms with Gasteiger partial charge in [0.15, 0.2) is 0 Å². The average Bonchev–Trinajstić information content (AvgIpc) is 2.27. The number of hydrogen-bond donors (Lipinski definition) is 1. The van der Waals surface area contributed by atoms with Gasteiger partial charge in [0.2, 0.25) is 5.91 Å². The number of anilines is 1. The van der Waals surface area contributed by atoms with E-state index in [2.05, 4.69) is 18.3 Å². The van der Waals surface area contributed by atoms with E-state index in [-0.39, 0.29) is 11.3 Å². The highest BCUT2D eigenvalue weighted by molar-refractivity contribution is 6.20. The van der Waals surface area contributed by atoms with Crippen molar-refractivity contribution in [2.45, 2.75) is 31.6 Å². The minimum Gasteiger partial charge on any atom is -0.326 e. The molecule has 0 aliphatic carbocycles. The molecular weight excluding hydrogens is 210 g/mol. The third kappa shape index (κ3) is 2.15. The van der Waals surface area contributed by atoms with E-state index in [4.69, 9.17) is 11.6 Å². The van der Waals surface area contributed by atoms with Gasteiger partial charge in [0, 0.05) is 12.1 Å². The molecule has 80 valence electrons. The summed E-state index contributed by atoms with van der Waals surface area (Å²) in [6.07, 6.45) is 2.32. The zero-order valence-corrected chi connectivity index (χ0v) is 9.47. The van der Waals surface area contributed by atoms with Crippen LogP contribution in [0, 0.1) is 0 Å². The summed E-state index contributed by atoms with van der Waals surface area (Å²) in [7, 11) is 0. The van der Waals surface area contributed by atoms with Crippen LogP contribution < -0.4 is 5.32 Å².